The van der Waals surface area contributed by atoms with E-state index in [1.54, 1.807) is 4.68 Å². The summed E-state index contributed by atoms with van der Waals surface area (Å²) >= 11 is 0. The van der Waals surface area contributed by atoms with Crippen LogP contribution < -0.4 is 0 Å². The standard InChI is InChI=1S/C12H20N4O3/c1-12(5-3-4-6-12)11-13-14-15-16(11)8-9(19-2)7-10(17)18/h9H,3-8H2,1-2H3,(H,17,18). The van der Waals surface area contributed by atoms with Gasteiger partial charge in [-0.1, -0.05) is 19.8 Å². The lowest BCUT2D eigenvalue weighted by atomic mass is 9.88. The lowest BCUT2D eigenvalue weighted by Gasteiger charge is -2.23. The minimum atomic E-state index is -0.881. The third-order valence-electron chi connectivity index (χ3n) is 3.89. The van der Waals surface area contributed by atoms with Gasteiger partial charge in [-0.25, -0.2) is 4.68 Å². The zero-order chi connectivity index (χ0) is 13.9. The van der Waals surface area contributed by atoms with Crippen molar-refractivity contribution in [3.05, 3.63) is 5.82 Å². The first-order chi connectivity index (χ1) is 9.05. The molecule has 1 N–H and O–H groups in total. The molecule has 1 aliphatic carbocycles. The summed E-state index contributed by atoms with van der Waals surface area (Å²) in [6, 6.07) is 0. The SMILES string of the molecule is COC(CC(=O)O)Cn1nnnc1C1(C)CCCC1. The number of tetrazole rings is 1. The summed E-state index contributed by atoms with van der Waals surface area (Å²) in [5.41, 5.74) is 0.00498. The first-order valence-electron chi connectivity index (χ1n) is 6.56. The highest BCUT2D eigenvalue weighted by Gasteiger charge is 2.36. The van der Waals surface area contributed by atoms with Crippen molar-refractivity contribution in [2.75, 3.05) is 7.11 Å². The van der Waals surface area contributed by atoms with Gasteiger partial charge < -0.3 is 9.84 Å². The van der Waals surface area contributed by atoms with E-state index in [2.05, 4.69) is 22.4 Å². The fourth-order valence-electron chi connectivity index (χ4n) is 2.75. The van der Waals surface area contributed by atoms with Crippen LogP contribution in [0.4, 0.5) is 0 Å². The maximum Gasteiger partial charge on any atom is 0.306 e. The van der Waals surface area contributed by atoms with Gasteiger partial charge in [-0.05, 0) is 23.3 Å². The molecule has 0 aliphatic heterocycles. The van der Waals surface area contributed by atoms with E-state index in [4.69, 9.17) is 9.84 Å². The first kappa shape index (κ1) is 13.9. The largest absolute Gasteiger partial charge is 0.481 e. The monoisotopic (exact) mass is 268 g/mol. The Kier molecular flexibility index (Phi) is 4.14. The van der Waals surface area contributed by atoms with Crippen LogP contribution in [0.5, 0.6) is 0 Å². The molecule has 1 atom stereocenters. The maximum absolute atomic E-state index is 10.8. The molecule has 1 aliphatic rings. The molecule has 0 aromatic carbocycles. The number of carbonyl (C=O) groups is 1. The number of nitrogens with zero attached hydrogens (tertiary/aromatic N) is 4. The Balaban J connectivity index is 2.13. The van der Waals surface area contributed by atoms with E-state index in [-0.39, 0.29) is 11.8 Å². The number of aromatic nitrogens is 4. The number of carboxylic acids is 1. The van der Waals surface area contributed by atoms with Gasteiger partial charge >= 0.3 is 5.97 Å². The zero-order valence-corrected chi connectivity index (χ0v) is 11.4. The van der Waals surface area contributed by atoms with Crippen LogP contribution >= 0.6 is 0 Å². The van der Waals surface area contributed by atoms with E-state index in [0.717, 1.165) is 18.7 Å². The van der Waals surface area contributed by atoms with Gasteiger partial charge in [0.05, 0.1) is 19.1 Å². The number of ether oxygens (including phenoxy) is 1. The number of rotatable bonds is 6. The molecule has 1 aromatic heterocycles. The minimum Gasteiger partial charge on any atom is -0.481 e. The Morgan fingerprint density at radius 2 is 2.21 bits per heavy atom. The van der Waals surface area contributed by atoms with Crippen molar-refractivity contribution in [2.24, 2.45) is 0 Å². The van der Waals surface area contributed by atoms with Gasteiger partial charge in [0.25, 0.3) is 0 Å². The summed E-state index contributed by atoms with van der Waals surface area (Å²) in [6.07, 6.45) is 4.06. The summed E-state index contributed by atoms with van der Waals surface area (Å²) in [7, 11) is 1.51. The number of methoxy groups -OCH3 is 1. The highest BCUT2D eigenvalue weighted by atomic mass is 16.5. The fraction of sp³-hybridized carbons (Fsp3) is 0.833. The molecular weight excluding hydrogens is 248 g/mol. The van der Waals surface area contributed by atoms with Gasteiger partial charge in [-0.3, -0.25) is 4.79 Å². The van der Waals surface area contributed by atoms with Gasteiger partial charge in [0, 0.05) is 12.5 Å². The molecule has 0 radical (unpaired) electrons. The van der Waals surface area contributed by atoms with Crippen molar-refractivity contribution in [3.63, 3.8) is 0 Å². The quantitative estimate of drug-likeness (QED) is 0.827. The molecule has 7 nitrogen and oxygen atoms in total. The van der Waals surface area contributed by atoms with Gasteiger partial charge in [-0.2, -0.15) is 0 Å². The van der Waals surface area contributed by atoms with E-state index in [1.807, 2.05) is 0 Å². The summed E-state index contributed by atoms with van der Waals surface area (Å²) in [5.74, 6) is -0.0361. The predicted molar refractivity (Wildman–Crippen MR) is 66.7 cm³/mol. The lowest BCUT2D eigenvalue weighted by molar-refractivity contribution is -0.140. The van der Waals surface area contributed by atoms with Gasteiger partial charge in [0.15, 0.2) is 5.82 Å². The predicted octanol–water partition coefficient (Wildman–Crippen LogP) is 0.994. The molecule has 1 heterocycles. The molecule has 106 valence electrons. The van der Waals surface area contributed by atoms with Gasteiger partial charge in [0.1, 0.15) is 0 Å². The van der Waals surface area contributed by atoms with Crippen molar-refractivity contribution < 1.29 is 14.6 Å². The van der Waals surface area contributed by atoms with Crippen LogP contribution in [0.1, 0.15) is 44.9 Å². The van der Waals surface area contributed by atoms with Crippen LogP contribution in [-0.2, 0) is 21.5 Å². The number of hydrogen-bond donors (Lipinski definition) is 1. The molecule has 19 heavy (non-hydrogen) atoms. The van der Waals surface area contributed by atoms with Crippen LogP contribution in [0.2, 0.25) is 0 Å². The fourth-order valence-corrected chi connectivity index (χ4v) is 2.75. The summed E-state index contributed by atoms with van der Waals surface area (Å²) in [4.78, 5) is 10.8. The average Bonchev–Trinajstić information content (AvgIpc) is 2.97. The molecule has 7 heteroatoms. The second-order valence-corrected chi connectivity index (χ2v) is 5.41. The average molecular weight is 268 g/mol. The molecule has 0 spiro atoms. The van der Waals surface area contributed by atoms with E-state index in [9.17, 15) is 4.79 Å². The molecule has 1 fully saturated rings. The smallest absolute Gasteiger partial charge is 0.306 e. The lowest BCUT2D eigenvalue weighted by Crippen LogP contribution is -2.29. The van der Waals surface area contributed by atoms with Crippen molar-refractivity contribution in [1.82, 2.24) is 20.2 Å². The Hall–Kier alpha value is -1.50. The zero-order valence-electron chi connectivity index (χ0n) is 11.4. The summed E-state index contributed by atoms with van der Waals surface area (Å²) < 4.78 is 6.88. The highest BCUT2D eigenvalue weighted by Crippen LogP contribution is 2.39. The third-order valence-corrected chi connectivity index (χ3v) is 3.89. The topological polar surface area (TPSA) is 90.1 Å². The molecular formula is C12H20N4O3. The second kappa shape index (κ2) is 5.64. The Morgan fingerprint density at radius 3 is 2.79 bits per heavy atom. The van der Waals surface area contributed by atoms with Gasteiger partial charge in [0.2, 0.25) is 0 Å². The number of carboxylic acid groups (broad SMARTS) is 1. The molecule has 0 amide bonds. The minimum absolute atomic E-state index is 0.00498. The van der Waals surface area contributed by atoms with E-state index in [1.165, 1.54) is 20.0 Å². The van der Waals surface area contributed by atoms with Crippen molar-refractivity contribution in [1.29, 1.82) is 0 Å². The van der Waals surface area contributed by atoms with E-state index < -0.39 is 12.1 Å². The normalized spacial score (nSPS) is 19.5. The van der Waals surface area contributed by atoms with Crippen LogP contribution in [0.15, 0.2) is 0 Å². The van der Waals surface area contributed by atoms with Crippen molar-refractivity contribution >= 4 is 5.97 Å². The van der Waals surface area contributed by atoms with Crippen LogP contribution in [0.25, 0.3) is 0 Å². The number of hydrogen-bond acceptors (Lipinski definition) is 5. The van der Waals surface area contributed by atoms with Crippen molar-refractivity contribution in [3.8, 4) is 0 Å². The summed E-state index contributed by atoms with van der Waals surface area (Å²) in [5, 5.41) is 20.7. The van der Waals surface area contributed by atoms with E-state index >= 15 is 0 Å². The highest BCUT2D eigenvalue weighted by molar-refractivity contribution is 5.67. The van der Waals surface area contributed by atoms with Crippen LogP contribution in [0, 0.1) is 0 Å². The molecule has 1 unspecified atom stereocenters. The second-order valence-electron chi connectivity index (χ2n) is 5.41. The first-order valence-corrected chi connectivity index (χ1v) is 6.56. The third kappa shape index (κ3) is 3.09. The molecule has 1 aromatic rings. The van der Waals surface area contributed by atoms with Crippen LogP contribution in [0.3, 0.4) is 0 Å². The van der Waals surface area contributed by atoms with Crippen LogP contribution in [-0.4, -0.2) is 44.5 Å². The van der Waals surface area contributed by atoms with Gasteiger partial charge in [-0.15, -0.1) is 5.10 Å². The number of aliphatic carboxylic acids is 1. The Morgan fingerprint density at radius 1 is 1.53 bits per heavy atom. The molecule has 0 bridgehead atoms. The van der Waals surface area contributed by atoms with E-state index in [0.29, 0.717) is 6.54 Å². The molecule has 1 saturated carbocycles. The summed E-state index contributed by atoms with van der Waals surface area (Å²) in [6.45, 7) is 2.54. The molecule has 0 saturated heterocycles. The maximum atomic E-state index is 10.8. The Labute approximate surface area is 111 Å². The molecule has 2 rings (SSSR count). The Bertz CT molecular complexity index is 440. The van der Waals surface area contributed by atoms with Crippen molar-refractivity contribution in [2.45, 2.75) is 57.1 Å².